The molecule has 1 N–H and O–H groups in total. The van der Waals surface area contributed by atoms with Crippen molar-refractivity contribution >= 4 is 40.4 Å². The minimum atomic E-state index is -0.0822. The second-order valence-electron chi connectivity index (χ2n) is 10.5. The van der Waals surface area contributed by atoms with Gasteiger partial charge >= 0.3 is 0 Å². The maximum absolute atomic E-state index is 13.4. The van der Waals surface area contributed by atoms with Crippen LogP contribution in [0.4, 0.5) is 0 Å². The lowest BCUT2D eigenvalue weighted by molar-refractivity contribution is -0.103. The van der Waals surface area contributed by atoms with Gasteiger partial charge < -0.3 is 5.32 Å². The van der Waals surface area contributed by atoms with Crippen LogP contribution in [0.15, 0.2) is 24.3 Å². The number of thiophene rings is 1. The number of benzene rings is 1. The molecule has 3 fully saturated rings. The Morgan fingerprint density at radius 1 is 1.27 bits per heavy atom. The van der Waals surface area contributed by atoms with E-state index >= 15 is 0 Å². The van der Waals surface area contributed by atoms with E-state index in [0.29, 0.717) is 33.0 Å². The highest BCUT2D eigenvalue weighted by molar-refractivity contribution is 7.15. The zero-order chi connectivity index (χ0) is 23.1. The standard InChI is InChI=1S/C26H27Cl2N3OS/c1-13-8-15-9-18-22(25(32)29-12-14-4-5-16-10-19(14)26(16,2)3)30-31(23(18)24(15)33-13)21-7-6-17(27)11-20(21)28/h6-8,11,14,16,19H,4-5,9-10,12H2,1-3H3,(H,29,32). The molecule has 7 rings (SSSR count). The summed E-state index contributed by atoms with van der Waals surface area (Å²) < 4.78 is 1.84. The third kappa shape index (κ3) is 3.30. The number of halogens is 2. The van der Waals surface area contributed by atoms with Crippen molar-refractivity contribution in [1.29, 1.82) is 0 Å². The van der Waals surface area contributed by atoms with E-state index in [-0.39, 0.29) is 5.91 Å². The van der Waals surface area contributed by atoms with Gasteiger partial charge in [0.25, 0.3) is 5.91 Å². The summed E-state index contributed by atoms with van der Waals surface area (Å²) in [5, 5.41) is 9.14. The molecule has 3 unspecified atom stereocenters. The zero-order valence-electron chi connectivity index (χ0n) is 19.0. The first-order valence-electron chi connectivity index (χ1n) is 11.7. The summed E-state index contributed by atoms with van der Waals surface area (Å²) in [6.07, 6.45) is 4.53. The molecule has 0 saturated heterocycles. The van der Waals surface area contributed by atoms with Gasteiger partial charge in [0.1, 0.15) is 0 Å². The number of amides is 1. The van der Waals surface area contributed by atoms with E-state index < -0.39 is 0 Å². The Bertz CT molecular complexity index is 1290. The molecule has 0 radical (unpaired) electrons. The Kier molecular flexibility index (Phi) is 4.99. The summed E-state index contributed by atoms with van der Waals surface area (Å²) in [5.41, 5.74) is 4.90. The fourth-order valence-electron chi connectivity index (χ4n) is 6.46. The number of nitrogens with zero attached hydrogens (tertiary/aromatic N) is 2. The summed E-state index contributed by atoms with van der Waals surface area (Å²) in [4.78, 5) is 15.8. The molecule has 7 heteroatoms. The average molecular weight is 500 g/mol. The van der Waals surface area contributed by atoms with Gasteiger partial charge in [-0.15, -0.1) is 11.3 Å². The summed E-state index contributed by atoms with van der Waals surface area (Å²) in [6, 6.07) is 7.61. The van der Waals surface area contributed by atoms with Gasteiger partial charge in [-0.3, -0.25) is 4.79 Å². The summed E-state index contributed by atoms with van der Waals surface area (Å²) in [5.74, 6) is 2.04. The molecule has 2 aromatic heterocycles. The first kappa shape index (κ1) is 21.7. The predicted molar refractivity (Wildman–Crippen MR) is 135 cm³/mol. The van der Waals surface area contributed by atoms with Gasteiger partial charge in [0.15, 0.2) is 5.69 Å². The highest BCUT2D eigenvalue weighted by atomic mass is 35.5. The van der Waals surface area contributed by atoms with Crippen molar-refractivity contribution in [1.82, 2.24) is 15.1 Å². The van der Waals surface area contributed by atoms with Gasteiger partial charge in [-0.05, 0) is 79.2 Å². The lowest BCUT2D eigenvalue weighted by atomic mass is 9.45. The molecule has 1 aromatic carbocycles. The highest BCUT2D eigenvalue weighted by Gasteiger charge is 2.54. The summed E-state index contributed by atoms with van der Waals surface area (Å²) in [6.45, 7) is 7.63. The van der Waals surface area contributed by atoms with Crippen LogP contribution >= 0.6 is 34.5 Å². The molecule has 33 heavy (non-hydrogen) atoms. The van der Waals surface area contributed by atoms with E-state index in [4.69, 9.17) is 28.3 Å². The van der Waals surface area contributed by atoms with Crippen LogP contribution in [0.3, 0.4) is 0 Å². The number of hydrogen-bond donors (Lipinski definition) is 1. The van der Waals surface area contributed by atoms with Crippen molar-refractivity contribution in [3.8, 4) is 16.3 Å². The number of aryl methyl sites for hydroxylation is 1. The van der Waals surface area contributed by atoms with E-state index in [1.165, 1.54) is 34.6 Å². The molecule has 4 aliphatic carbocycles. The van der Waals surface area contributed by atoms with Crippen LogP contribution in [-0.4, -0.2) is 22.2 Å². The molecular weight excluding hydrogens is 473 g/mol. The highest BCUT2D eigenvalue weighted by Crippen LogP contribution is 2.61. The maximum Gasteiger partial charge on any atom is 0.272 e. The minimum absolute atomic E-state index is 0.0822. The van der Waals surface area contributed by atoms with Gasteiger partial charge in [0, 0.05) is 28.4 Å². The largest absolute Gasteiger partial charge is 0.350 e. The third-order valence-electron chi connectivity index (χ3n) is 8.38. The van der Waals surface area contributed by atoms with E-state index in [1.54, 1.807) is 17.4 Å². The number of hydrogen-bond acceptors (Lipinski definition) is 3. The number of rotatable bonds is 4. The Morgan fingerprint density at radius 2 is 2.09 bits per heavy atom. The first-order valence-corrected chi connectivity index (χ1v) is 13.3. The number of carbonyl (C=O) groups is 1. The monoisotopic (exact) mass is 499 g/mol. The summed E-state index contributed by atoms with van der Waals surface area (Å²) in [7, 11) is 0. The number of carbonyl (C=O) groups excluding carboxylic acids is 1. The van der Waals surface area contributed by atoms with Crippen LogP contribution in [0.1, 0.15) is 59.6 Å². The molecule has 0 aliphatic heterocycles. The van der Waals surface area contributed by atoms with Crippen LogP contribution in [0.5, 0.6) is 0 Å². The first-order chi connectivity index (χ1) is 15.7. The van der Waals surface area contributed by atoms with Gasteiger partial charge in [0.05, 0.1) is 21.3 Å². The smallest absolute Gasteiger partial charge is 0.272 e. The van der Waals surface area contributed by atoms with Crippen LogP contribution in [0.25, 0.3) is 16.3 Å². The fraction of sp³-hybridized carbons (Fsp3) is 0.462. The van der Waals surface area contributed by atoms with Crippen molar-refractivity contribution in [3.05, 3.63) is 56.0 Å². The Hall–Kier alpha value is -1.82. The minimum Gasteiger partial charge on any atom is -0.350 e. The molecule has 2 bridgehead atoms. The molecule has 1 amide bonds. The zero-order valence-corrected chi connectivity index (χ0v) is 21.4. The van der Waals surface area contributed by atoms with E-state index in [1.807, 2.05) is 16.8 Å². The van der Waals surface area contributed by atoms with Gasteiger partial charge in [-0.25, -0.2) is 4.68 Å². The quantitative estimate of drug-likeness (QED) is 0.331. The van der Waals surface area contributed by atoms with Crippen LogP contribution in [0, 0.1) is 30.1 Å². The van der Waals surface area contributed by atoms with Crippen molar-refractivity contribution in [3.63, 3.8) is 0 Å². The second kappa shape index (κ2) is 7.59. The molecule has 4 nitrogen and oxygen atoms in total. The maximum atomic E-state index is 13.4. The predicted octanol–water partition coefficient (Wildman–Crippen LogP) is 6.92. The second-order valence-corrected chi connectivity index (χ2v) is 12.6. The number of fused-ring (bicyclic) bond motifs is 5. The Morgan fingerprint density at radius 3 is 2.82 bits per heavy atom. The topological polar surface area (TPSA) is 46.9 Å². The number of nitrogens with one attached hydrogen (secondary N) is 1. The Labute approximate surface area is 208 Å². The molecule has 3 saturated carbocycles. The van der Waals surface area contributed by atoms with Gasteiger partial charge in [-0.1, -0.05) is 37.0 Å². The lowest BCUT2D eigenvalue weighted by Crippen LogP contribution is -2.54. The van der Waals surface area contributed by atoms with E-state index in [0.717, 1.165) is 35.8 Å². The normalized spacial score (nSPS) is 24.2. The van der Waals surface area contributed by atoms with Crippen LogP contribution in [0.2, 0.25) is 10.0 Å². The van der Waals surface area contributed by atoms with Gasteiger partial charge in [-0.2, -0.15) is 5.10 Å². The molecule has 0 spiro atoms. The number of aromatic nitrogens is 2. The molecular formula is C26H27Cl2N3OS. The lowest BCUT2D eigenvalue weighted by Gasteiger charge is -2.60. The van der Waals surface area contributed by atoms with Crippen molar-refractivity contribution in [2.75, 3.05) is 6.54 Å². The summed E-state index contributed by atoms with van der Waals surface area (Å²) >= 11 is 14.4. The Balaban J connectivity index is 1.33. The van der Waals surface area contributed by atoms with Crippen molar-refractivity contribution < 1.29 is 4.79 Å². The van der Waals surface area contributed by atoms with Gasteiger partial charge in [0.2, 0.25) is 0 Å². The van der Waals surface area contributed by atoms with E-state index in [2.05, 4.69) is 32.2 Å². The average Bonchev–Trinajstić information content (AvgIpc) is 3.41. The molecule has 4 aliphatic rings. The molecule has 2 heterocycles. The SMILES string of the molecule is Cc1cc2c(s1)-c1c(c(C(=O)NCC3CCC4CC3C4(C)C)nn1-c1ccc(Cl)cc1Cl)C2. The van der Waals surface area contributed by atoms with Crippen LogP contribution in [-0.2, 0) is 6.42 Å². The van der Waals surface area contributed by atoms with Crippen LogP contribution < -0.4 is 5.32 Å². The molecule has 172 valence electrons. The molecule has 3 atom stereocenters. The van der Waals surface area contributed by atoms with E-state index in [9.17, 15) is 4.79 Å². The third-order valence-corrected chi connectivity index (χ3v) is 10.0. The molecule has 3 aromatic rings. The fourth-order valence-corrected chi connectivity index (χ4v) is 8.04. The van der Waals surface area contributed by atoms with Crippen molar-refractivity contribution in [2.45, 2.75) is 46.5 Å². The van der Waals surface area contributed by atoms with Crippen molar-refractivity contribution in [2.24, 2.45) is 23.2 Å².